The maximum atomic E-state index is 4.95. The van der Waals surface area contributed by atoms with E-state index in [2.05, 4.69) is 52.9 Å². The molecule has 0 amide bonds. The zero-order valence-electron chi connectivity index (χ0n) is 12.6. The fourth-order valence-corrected chi connectivity index (χ4v) is 5.30. The number of rotatable bonds is 3. The van der Waals surface area contributed by atoms with E-state index in [9.17, 15) is 0 Å². The molecule has 0 radical (unpaired) electrons. The average Bonchev–Trinajstić information content (AvgIpc) is 3.15. The predicted molar refractivity (Wildman–Crippen MR) is 95.0 cm³/mol. The number of aryl methyl sites for hydroxylation is 1. The van der Waals surface area contributed by atoms with Crippen molar-refractivity contribution in [3.63, 3.8) is 0 Å². The van der Waals surface area contributed by atoms with Crippen LogP contribution in [0.3, 0.4) is 0 Å². The lowest BCUT2D eigenvalue weighted by molar-refractivity contribution is 0.200. The van der Waals surface area contributed by atoms with Gasteiger partial charge in [-0.2, -0.15) is 0 Å². The first-order valence-electron chi connectivity index (χ1n) is 7.67. The van der Waals surface area contributed by atoms with E-state index in [0.29, 0.717) is 6.04 Å². The molecule has 3 nitrogen and oxygen atoms in total. The van der Waals surface area contributed by atoms with Gasteiger partial charge in [0.2, 0.25) is 0 Å². The van der Waals surface area contributed by atoms with Crippen LogP contribution in [0.2, 0.25) is 0 Å². The van der Waals surface area contributed by atoms with Gasteiger partial charge in [0, 0.05) is 31.1 Å². The van der Waals surface area contributed by atoms with Gasteiger partial charge in [-0.1, -0.05) is 12.1 Å². The van der Waals surface area contributed by atoms with Gasteiger partial charge < -0.3 is 5.32 Å². The first-order chi connectivity index (χ1) is 10.8. The van der Waals surface area contributed by atoms with Crippen LogP contribution < -0.4 is 5.32 Å². The summed E-state index contributed by atoms with van der Waals surface area (Å²) in [7, 11) is 0. The smallest absolute Gasteiger partial charge is 0.116 e. The van der Waals surface area contributed by atoms with Crippen LogP contribution in [0.4, 0.5) is 0 Å². The molecule has 1 fully saturated rings. The van der Waals surface area contributed by atoms with Crippen LogP contribution in [0.5, 0.6) is 0 Å². The number of aromatic nitrogens is 1. The molecule has 0 spiro atoms. The van der Waals surface area contributed by atoms with E-state index in [1.807, 2.05) is 22.7 Å². The van der Waals surface area contributed by atoms with E-state index >= 15 is 0 Å². The van der Waals surface area contributed by atoms with Gasteiger partial charge in [0.05, 0.1) is 16.3 Å². The van der Waals surface area contributed by atoms with Gasteiger partial charge in [0.25, 0.3) is 0 Å². The molecule has 1 unspecified atom stereocenters. The van der Waals surface area contributed by atoms with Crippen LogP contribution in [-0.4, -0.2) is 36.1 Å². The van der Waals surface area contributed by atoms with E-state index in [-0.39, 0.29) is 0 Å². The number of nitrogens with one attached hydrogen (secondary N) is 1. The van der Waals surface area contributed by atoms with Crippen molar-refractivity contribution in [1.29, 1.82) is 0 Å². The number of nitrogens with zero attached hydrogens (tertiary/aromatic N) is 2. The highest BCUT2D eigenvalue weighted by Crippen LogP contribution is 2.38. The Balaban J connectivity index is 1.80. The predicted octanol–water partition coefficient (Wildman–Crippen LogP) is 3.66. The fraction of sp³-hybridized carbons (Fsp3) is 0.353. The third-order valence-corrected chi connectivity index (χ3v) is 6.37. The number of para-hydroxylation sites is 1. The molecule has 5 heteroatoms. The number of thiazole rings is 1. The molecule has 0 aliphatic carbocycles. The first kappa shape index (κ1) is 14.3. The zero-order chi connectivity index (χ0) is 14.9. The lowest BCUT2D eigenvalue weighted by atomic mass is 10.1. The standard InChI is InChI=1S/C17H19N3S2/c1-12-6-11-21-16(12)15(20-9-7-18-8-10-20)17-19-13-4-2-3-5-14(13)22-17/h2-6,11,15,18H,7-10H2,1H3. The second-order valence-electron chi connectivity index (χ2n) is 5.68. The Morgan fingerprint density at radius 1 is 1.18 bits per heavy atom. The van der Waals surface area contributed by atoms with E-state index in [0.717, 1.165) is 31.7 Å². The molecule has 1 aliphatic rings. The van der Waals surface area contributed by atoms with Crippen LogP contribution in [0.1, 0.15) is 21.5 Å². The molecule has 3 heterocycles. The Labute approximate surface area is 138 Å². The zero-order valence-corrected chi connectivity index (χ0v) is 14.2. The molecule has 1 N–H and O–H groups in total. The molecule has 22 heavy (non-hydrogen) atoms. The summed E-state index contributed by atoms with van der Waals surface area (Å²) >= 11 is 3.70. The monoisotopic (exact) mass is 329 g/mol. The van der Waals surface area contributed by atoms with Crippen molar-refractivity contribution in [2.45, 2.75) is 13.0 Å². The van der Waals surface area contributed by atoms with Crippen molar-refractivity contribution in [2.75, 3.05) is 26.2 Å². The Morgan fingerprint density at radius 3 is 2.73 bits per heavy atom. The molecule has 2 aromatic heterocycles. The second-order valence-corrected chi connectivity index (χ2v) is 7.69. The summed E-state index contributed by atoms with van der Waals surface area (Å²) in [4.78, 5) is 8.97. The molecule has 1 aromatic carbocycles. The summed E-state index contributed by atoms with van der Waals surface area (Å²) in [5, 5.41) is 6.88. The van der Waals surface area contributed by atoms with Gasteiger partial charge in [-0.15, -0.1) is 22.7 Å². The summed E-state index contributed by atoms with van der Waals surface area (Å²) in [5.41, 5.74) is 2.50. The molecule has 1 aliphatic heterocycles. The van der Waals surface area contributed by atoms with Gasteiger partial charge in [0.1, 0.15) is 5.01 Å². The highest BCUT2D eigenvalue weighted by Gasteiger charge is 2.28. The molecule has 1 saturated heterocycles. The topological polar surface area (TPSA) is 28.2 Å². The maximum absolute atomic E-state index is 4.95. The number of hydrogen-bond acceptors (Lipinski definition) is 5. The number of fused-ring (bicyclic) bond motifs is 1. The molecule has 0 bridgehead atoms. The average molecular weight is 329 g/mol. The van der Waals surface area contributed by atoms with Crippen molar-refractivity contribution < 1.29 is 0 Å². The van der Waals surface area contributed by atoms with Crippen molar-refractivity contribution in [2.24, 2.45) is 0 Å². The SMILES string of the molecule is Cc1ccsc1C(c1nc2ccccc2s1)N1CCNCC1. The van der Waals surface area contributed by atoms with Gasteiger partial charge in [-0.25, -0.2) is 4.98 Å². The minimum atomic E-state index is 0.305. The lowest BCUT2D eigenvalue weighted by Gasteiger charge is -2.33. The summed E-state index contributed by atoms with van der Waals surface area (Å²) in [6.07, 6.45) is 0. The number of benzene rings is 1. The van der Waals surface area contributed by atoms with E-state index in [4.69, 9.17) is 4.98 Å². The van der Waals surface area contributed by atoms with Crippen LogP contribution >= 0.6 is 22.7 Å². The highest BCUT2D eigenvalue weighted by molar-refractivity contribution is 7.18. The van der Waals surface area contributed by atoms with Gasteiger partial charge >= 0.3 is 0 Å². The maximum Gasteiger partial charge on any atom is 0.116 e. The van der Waals surface area contributed by atoms with Crippen molar-refractivity contribution in [3.05, 3.63) is 51.2 Å². The summed E-state index contributed by atoms with van der Waals surface area (Å²) in [6, 6.07) is 11.0. The number of thiophene rings is 1. The highest BCUT2D eigenvalue weighted by atomic mass is 32.1. The second kappa shape index (κ2) is 6.08. The third-order valence-electron chi connectivity index (χ3n) is 4.21. The van der Waals surface area contributed by atoms with Crippen LogP contribution in [0, 0.1) is 6.92 Å². The minimum Gasteiger partial charge on any atom is -0.314 e. The molecular formula is C17H19N3S2. The Bertz CT molecular complexity index is 738. The number of piperazine rings is 1. The van der Waals surface area contributed by atoms with Crippen LogP contribution in [-0.2, 0) is 0 Å². The Hall–Kier alpha value is -1.27. The molecule has 1 atom stereocenters. The van der Waals surface area contributed by atoms with Gasteiger partial charge in [-0.3, -0.25) is 4.90 Å². The molecular weight excluding hydrogens is 310 g/mol. The van der Waals surface area contributed by atoms with Gasteiger partial charge in [0.15, 0.2) is 0 Å². The van der Waals surface area contributed by atoms with Crippen molar-refractivity contribution in [1.82, 2.24) is 15.2 Å². The quantitative estimate of drug-likeness (QED) is 0.795. The minimum absolute atomic E-state index is 0.305. The summed E-state index contributed by atoms with van der Waals surface area (Å²) < 4.78 is 1.28. The molecule has 3 aromatic rings. The van der Waals surface area contributed by atoms with E-state index < -0.39 is 0 Å². The van der Waals surface area contributed by atoms with Crippen LogP contribution in [0.15, 0.2) is 35.7 Å². The summed E-state index contributed by atoms with van der Waals surface area (Å²) in [6.45, 7) is 6.50. The Kier molecular flexibility index (Phi) is 3.96. The molecule has 0 saturated carbocycles. The van der Waals surface area contributed by atoms with Crippen molar-refractivity contribution in [3.8, 4) is 0 Å². The fourth-order valence-electron chi connectivity index (χ4n) is 3.05. The largest absolute Gasteiger partial charge is 0.314 e. The van der Waals surface area contributed by atoms with E-state index in [1.54, 1.807) is 0 Å². The van der Waals surface area contributed by atoms with E-state index in [1.165, 1.54) is 20.1 Å². The lowest BCUT2D eigenvalue weighted by Crippen LogP contribution is -2.45. The molecule has 114 valence electrons. The first-order valence-corrected chi connectivity index (χ1v) is 9.37. The third kappa shape index (κ3) is 2.58. The summed E-state index contributed by atoms with van der Waals surface area (Å²) in [5.74, 6) is 0. The van der Waals surface area contributed by atoms with Gasteiger partial charge in [-0.05, 0) is 36.1 Å². The number of hydrogen-bond donors (Lipinski definition) is 1. The normalized spacial score (nSPS) is 17.9. The van der Waals surface area contributed by atoms with Crippen LogP contribution in [0.25, 0.3) is 10.2 Å². The van der Waals surface area contributed by atoms with Crippen molar-refractivity contribution >= 4 is 32.9 Å². The Morgan fingerprint density at radius 2 is 2.00 bits per heavy atom. The molecule has 4 rings (SSSR count).